The summed E-state index contributed by atoms with van der Waals surface area (Å²) in [5.41, 5.74) is 6.29. The molecule has 15 rings (SSSR count). The van der Waals surface area contributed by atoms with E-state index in [9.17, 15) is 49.2 Å². The largest absolute Gasteiger partial charge is 0.508 e. The summed E-state index contributed by atoms with van der Waals surface area (Å²) < 4.78 is 15.7. The number of phenols is 1. The van der Waals surface area contributed by atoms with Crippen LogP contribution in [-0.4, -0.2) is 165 Å². The second-order valence-corrected chi connectivity index (χ2v) is 26.5. The van der Waals surface area contributed by atoms with Crippen LogP contribution < -0.4 is 26.2 Å². The van der Waals surface area contributed by atoms with E-state index in [1.165, 1.54) is 32.1 Å². The number of aromatic amines is 3. The zero-order chi connectivity index (χ0) is 61.7. The first-order valence-corrected chi connectivity index (χ1v) is 30.2. The van der Waals surface area contributed by atoms with Gasteiger partial charge < -0.3 is 64.3 Å². The van der Waals surface area contributed by atoms with Gasteiger partial charge in [-0.1, -0.05) is 25.6 Å². The molecule has 0 unspecified atom stereocenters. The molecule has 3 saturated heterocycles. The van der Waals surface area contributed by atoms with Crippen LogP contribution in [0.5, 0.6) is 17.2 Å². The standard InChI is InChI=1S/C23H26N2O5.C23H26N2O4.C22H24N2O4.CH4/c1-25-7-6-22-12-18-14(8-16(20(26)24-18)21(27)30-3)11-23(22,28)19(25)9-13-4-5-15(29-2)10-17(13)22;1-13(26)17-8-15-11-23(28)20-9-14-4-5-16(29-3)10-18(14)22(23,6-7-25(20)2)12-19(15)24-21(17)27;1-12(25)16-7-14-10-22(28)19-8-13-3-4-15(26)9-17(13)21(22,5-6-24(19)2)11-18(14)23-20(16)27;/h4-5,8,10,19,28H,6-7,9,11-12H2,1-3H3,(H,24,26);4-5,8,10,20,28H,6-7,9,11-12H2,1-3H3,(H,24,27);3-4,7,9,19,26,28H,5-6,8,10-11H2,1-2H3,(H,23,27);1H4/t19-,22-,23-;20-,22-,23-;19-,21-,22-;/m111./s1. The molecule has 464 valence electrons. The number of nitrogens with one attached hydrogen (secondary N) is 3. The lowest BCUT2D eigenvalue weighted by atomic mass is 9.49. The molecule has 0 amide bonds. The monoisotopic (exact) mass is 1200 g/mol. The molecule has 3 fully saturated rings. The molecule has 9 aliphatic rings. The van der Waals surface area contributed by atoms with Gasteiger partial charge in [0.05, 0.1) is 49.3 Å². The zero-order valence-electron chi connectivity index (χ0n) is 50.6. The van der Waals surface area contributed by atoms with E-state index >= 15 is 0 Å². The summed E-state index contributed by atoms with van der Waals surface area (Å²) in [6.07, 6.45) is 7.27. The summed E-state index contributed by atoms with van der Waals surface area (Å²) >= 11 is 0. The van der Waals surface area contributed by atoms with E-state index in [0.717, 1.165) is 119 Å². The van der Waals surface area contributed by atoms with Crippen molar-refractivity contribution in [3.8, 4) is 17.2 Å². The molecule has 6 heterocycles. The molecule has 0 saturated carbocycles. The van der Waals surface area contributed by atoms with E-state index < -0.39 is 44.6 Å². The lowest BCUT2D eigenvalue weighted by Crippen LogP contribution is -2.73. The highest BCUT2D eigenvalue weighted by molar-refractivity contribution is 5.94. The summed E-state index contributed by atoms with van der Waals surface area (Å²) in [6.45, 7) is 5.38. The summed E-state index contributed by atoms with van der Waals surface area (Å²) in [7, 11) is 10.7. The molecular weight excluding hydrogens is 1120 g/mol. The molecule has 0 spiro atoms. The van der Waals surface area contributed by atoms with Crippen molar-refractivity contribution >= 4 is 17.5 Å². The van der Waals surface area contributed by atoms with Gasteiger partial charge >= 0.3 is 5.97 Å². The van der Waals surface area contributed by atoms with Gasteiger partial charge in [-0.05, 0) is 198 Å². The van der Waals surface area contributed by atoms with Crippen LogP contribution in [-0.2, 0) is 78.8 Å². The van der Waals surface area contributed by atoms with E-state index in [2.05, 4.69) is 61.9 Å². The lowest BCUT2D eigenvalue weighted by Gasteiger charge is -2.63. The molecular formula is C69H80N6O13. The molecule has 3 aromatic heterocycles. The Morgan fingerprint density at radius 1 is 0.477 bits per heavy atom. The van der Waals surface area contributed by atoms with E-state index in [4.69, 9.17) is 14.2 Å². The molecule has 19 nitrogen and oxygen atoms in total. The molecule has 7 N–H and O–H groups in total. The highest BCUT2D eigenvalue weighted by Gasteiger charge is 2.67. The number of rotatable bonds is 5. The van der Waals surface area contributed by atoms with Crippen molar-refractivity contribution in [3.05, 3.63) is 188 Å². The molecule has 0 radical (unpaired) electrons. The number of H-pyrrole nitrogens is 3. The van der Waals surface area contributed by atoms with Crippen molar-refractivity contribution in [1.29, 1.82) is 0 Å². The first-order chi connectivity index (χ1) is 41.4. The van der Waals surface area contributed by atoms with Crippen LogP contribution in [0.3, 0.4) is 0 Å². The van der Waals surface area contributed by atoms with Crippen LogP contribution >= 0.6 is 0 Å². The van der Waals surface area contributed by atoms with Crippen molar-refractivity contribution < 1.29 is 49.0 Å². The van der Waals surface area contributed by atoms with Gasteiger partial charge in [0.2, 0.25) is 0 Å². The number of hydrogen-bond acceptors (Lipinski definition) is 16. The second kappa shape index (κ2) is 21.3. The Labute approximate surface area is 510 Å². The van der Waals surface area contributed by atoms with Gasteiger partial charge in [0.25, 0.3) is 16.7 Å². The third-order valence-electron chi connectivity index (χ3n) is 22.5. The topological polar surface area (TPSA) is 268 Å². The number of aromatic nitrogens is 3. The maximum Gasteiger partial charge on any atom is 0.343 e. The molecule has 6 aromatic rings. The van der Waals surface area contributed by atoms with Crippen molar-refractivity contribution in [1.82, 2.24) is 29.7 Å². The molecule has 88 heavy (non-hydrogen) atoms. The number of ketones is 2. The van der Waals surface area contributed by atoms with Crippen LogP contribution in [0.15, 0.2) is 87.2 Å². The Balaban J connectivity index is 0.000000128. The highest BCUT2D eigenvalue weighted by Crippen LogP contribution is 2.60. The molecule has 19 heteroatoms. The van der Waals surface area contributed by atoms with Gasteiger partial charge in [0, 0.05) is 90.0 Å². The van der Waals surface area contributed by atoms with Crippen LogP contribution in [0.2, 0.25) is 0 Å². The van der Waals surface area contributed by atoms with E-state index in [-0.39, 0.29) is 70.7 Å². The number of Topliss-reactive ketones (excluding diaryl/α,β-unsaturated/α-hetero) is 2. The number of methoxy groups -OCH3 is 3. The van der Waals surface area contributed by atoms with Gasteiger partial charge in [0.1, 0.15) is 22.8 Å². The summed E-state index contributed by atoms with van der Waals surface area (Å²) in [5.74, 6) is 0.554. The fourth-order valence-corrected chi connectivity index (χ4v) is 18.0. The maximum absolute atomic E-state index is 12.6. The quantitative estimate of drug-likeness (QED) is 0.0906. The van der Waals surface area contributed by atoms with Crippen molar-refractivity contribution in [3.63, 3.8) is 0 Å². The Hall–Kier alpha value is -7.52. The van der Waals surface area contributed by atoms with E-state index in [1.807, 2.05) is 31.3 Å². The average molecular weight is 1200 g/mol. The average Bonchev–Trinajstić information content (AvgIpc) is 0.707. The fourth-order valence-electron chi connectivity index (χ4n) is 18.0. The number of phenolic OH excluding ortho intramolecular Hbond substituents is 1. The number of aliphatic hydroxyl groups is 3. The number of hydrogen-bond donors (Lipinski definition) is 7. The summed E-state index contributed by atoms with van der Waals surface area (Å²) in [4.78, 5) is 88.7. The molecule has 6 bridgehead atoms. The number of pyridine rings is 3. The van der Waals surface area contributed by atoms with Crippen molar-refractivity contribution in [2.45, 2.75) is 149 Å². The fraction of sp³-hybridized carbons (Fsp3) is 0.478. The number of nitrogens with zero attached hydrogens (tertiary/aromatic N) is 3. The Morgan fingerprint density at radius 2 is 0.807 bits per heavy atom. The lowest BCUT2D eigenvalue weighted by molar-refractivity contribution is -0.145. The Kier molecular flexibility index (Phi) is 14.7. The zero-order valence-corrected chi connectivity index (χ0v) is 50.6. The normalized spacial score (nSPS) is 29.8. The van der Waals surface area contributed by atoms with Crippen LogP contribution in [0, 0.1) is 0 Å². The molecule has 9 atom stereocenters. The number of esters is 1. The van der Waals surface area contributed by atoms with Gasteiger partial charge in [-0.2, -0.15) is 0 Å². The maximum atomic E-state index is 12.6. The number of piperidine rings is 3. The number of ether oxygens (including phenoxy) is 3. The number of aromatic hydroxyl groups is 1. The number of likely N-dealkylation sites (N-methyl/N-ethyl adjacent to an activating group) is 3. The summed E-state index contributed by atoms with van der Waals surface area (Å²) in [6, 6.07) is 22.5. The van der Waals surface area contributed by atoms with E-state index in [0.29, 0.717) is 44.9 Å². The van der Waals surface area contributed by atoms with Crippen LogP contribution in [0.1, 0.15) is 139 Å². The molecule has 3 aromatic carbocycles. The highest BCUT2D eigenvalue weighted by atomic mass is 16.5. The Morgan fingerprint density at radius 3 is 1.15 bits per heavy atom. The summed E-state index contributed by atoms with van der Waals surface area (Å²) in [5, 5.41) is 46.8. The first-order valence-electron chi connectivity index (χ1n) is 30.2. The van der Waals surface area contributed by atoms with Crippen LogP contribution in [0.4, 0.5) is 0 Å². The smallest absolute Gasteiger partial charge is 0.343 e. The van der Waals surface area contributed by atoms with E-state index in [1.54, 1.807) is 44.6 Å². The van der Waals surface area contributed by atoms with Crippen molar-refractivity contribution in [2.75, 3.05) is 62.1 Å². The first kappa shape index (κ1) is 60.8. The third kappa shape index (κ3) is 8.72. The minimum atomic E-state index is -1.03. The Bertz CT molecular complexity index is 4100. The number of fused-ring (bicyclic) bond motifs is 6. The molecule has 3 aliphatic heterocycles. The predicted octanol–water partition coefficient (Wildman–Crippen LogP) is 4.76. The second-order valence-electron chi connectivity index (χ2n) is 26.5. The minimum Gasteiger partial charge on any atom is -0.508 e. The van der Waals surface area contributed by atoms with Gasteiger partial charge in [-0.3, -0.25) is 24.0 Å². The molecule has 6 aliphatic carbocycles. The predicted molar refractivity (Wildman–Crippen MR) is 330 cm³/mol. The third-order valence-corrected chi connectivity index (χ3v) is 22.5. The SMILES string of the molecule is C.CC(=O)c1cc2c([nH]c1=O)C[C@]13CCN(C)[C@H](Cc4ccc(O)cc41)[C@]3(O)C2.COC(=O)c1cc2c([nH]c1=O)C[C@]13CCN(C)[C@H](Cc4ccc(OC)cc41)[C@]3(O)C2.COc1ccc2c(c1)[C@]13CCN(C)[C@H](C2)[C@]1(O)Cc1cc(C(C)=O)c(=O)[nH]c1C3. The van der Waals surface area contributed by atoms with Gasteiger partial charge in [-0.15, -0.1) is 0 Å². The number of carbonyl (C=O) groups is 3. The number of carbonyl (C=O) groups excluding carboxylic acids is 3. The van der Waals surface area contributed by atoms with Gasteiger partial charge in [-0.25, -0.2) is 4.79 Å². The number of benzene rings is 3. The minimum absolute atomic E-state index is 0. The number of likely N-dealkylation sites (tertiary alicyclic amines) is 3. The van der Waals surface area contributed by atoms with Crippen molar-refractivity contribution in [2.24, 2.45) is 0 Å². The van der Waals surface area contributed by atoms with Crippen LogP contribution in [0.25, 0.3) is 0 Å². The van der Waals surface area contributed by atoms with Gasteiger partial charge in [0.15, 0.2) is 11.6 Å².